The van der Waals surface area contributed by atoms with E-state index in [0.29, 0.717) is 5.69 Å². The lowest BCUT2D eigenvalue weighted by molar-refractivity contribution is 0.261. The van der Waals surface area contributed by atoms with Gasteiger partial charge in [0.05, 0.1) is 10.5 Å². The number of aromatic nitrogens is 1. The van der Waals surface area contributed by atoms with Crippen LogP contribution in [0.4, 0.5) is 11.5 Å². The molecular formula is C21H26N4O2S2. The van der Waals surface area contributed by atoms with Gasteiger partial charge in [0.2, 0.25) is 10.0 Å². The summed E-state index contributed by atoms with van der Waals surface area (Å²) < 4.78 is 32.1. The van der Waals surface area contributed by atoms with Crippen LogP contribution in [0.1, 0.15) is 12.5 Å². The largest absolute Gasteiger partial charge is 0.353 e. The van der Waals surface area contributed by atoms with Gasteiger partial charge < -0.3 is 4.90 Å². The normalized spacial score (nSPS) is 15.7. The van der Waals surface area contributed by atoms with Crippen molar-refractivity contribution in [2.75, 3.05) is 48.1 Å². The third kappa shape index (κ3) is 4.88. The topological polar surface area (TPSA) is 65.5 Å². The van der Waals surface area contributed by atoms with E-state index in [1.807, 2.05) is 12.1 Å². The summed E-state index contributed by atoms with van der Waals surface area (Å²) in [6.07, 6.45) is 0.904. The Hall–Kier alpha value is -2.16. The Morgan fingerprint density at radius 3 is 2.66 bits per heavy atom. The van der Waals surface area contributed by atoms with Crippen molar-refractivity contribution >= 4 is 43.1 Å². The predicted octanol–water partition coefficient (Wildman–Crippen LogP) is 3.42. The molecule has 8 heteroatoms. The molecule has 3 aromatic rings. The molecule has 6 nitrogen and oxygen atoms in total. The first kappa shape index (κ1) is 20.1. The molecule has 29 heavy (non-hydrogen) atoms. The van der Waals surface area contributed by atoms with E-state index in [1.54, 1.807) is 24.5 Å². The second kappa shape index (κ2) is 8.69. The van der Waals surface area contributed by atoms with E-state index in [-0.39, 0.29) is 5.75 Å². The van der Waals surface area contributed by atoms with Crippen molar-refractivity contribution < 1.29 is 8.42 Å². The Bertz CT molecular complexity index is 1070. The van der Waals surface area contributed by atoms with Gasteiger partial charge >= 0.3 is 0 Å². The molecule has 1 fully saturated rings. The minimum atomic E-state index is -3.24. The third-order valence-corrected chi connectivity index (χ3v) is 7.45. The fourth-order valence-electron chi connectivity index (χ4n) is 3.61. The summed E-state index contributed by atoms with van der Waals surface area (Å²) in [6, 6.07) is 16.1. The van der Waals surface area contributed by atoms with Crippen LogP contribution in [-0.4, -0.2) is 56.2 Å². The molecule has 2 aromatic carbocycles. The van der Waals surface area contributed by atoms with Gasteiger partial charge in [-0.25, -0.2) is 8.42 Å². The van der Waals surface area contributed by atoms with Crippen LogP contribution in [0.3, 0.4) is 0 Å². The summed E-state index contributed by atoms with van der Waals surface area (Å²) in [5.74, 6) is 1.19. The molecule has 0 bridgehead atoms. The average molecular weight is 431 g/mol. The summed E-state index contributed by atoms with van der Waals surface area (Å²) >= 11 is 1.57. The number of rotatable bonds is 7. The van der Waals surface area contributed by atoms with Crippen LogP contribution in [0.25, 0.3) is 10.1 Å². The SMILES string of the molecule is CCS(=O)(=O)Nc1cccc(CCN2CCN(c3nsc4ccccc34)CC2)c1. The molecule has 1 saturated heterocycles. The predicted molar refractivity (Wildman–Crippen MR) is 122 cm³/mol. The molecule has 1 aromatic heterocycles. The second-order valence-corrected chi connectivity index (χ2v) is 10.1. The number of piperazine rings is 1. The highest BCUT2D eigenvalue weighted by molar-refractivity contribution is 7.92. The molecule has 4 rings (SSSR count). The maximum absolute atomic E-state index is 11.8. The van der Waals surface area contributed by atoms with Gasteiger partial charge in [-0.1, -0.05) is 24.3 Å². The highest BCUT2D eigenvalue weighted by atomic mass is 32.2. The van der Waals surface area contributed by atoms with Crippen LogP contribution in [0.5, 0.6) is 0 Å². The van der Waals surface area contributed by atoms with Crippen LogP contribution >= 0.6 is 11.5 Å². The monoisotopic (exact) mass is 430 g/mol. The van der Waals surface area contributed by atoms with Gasteiger partial charge in [0, 0.05) is 43.8 Å². The highest BCUT2D eigenvalue weighted by Crippen LogP contribution is 2.29. The number of benzene rings is 2. The smallest absolute Gasteiger partial charge is 0.232 e. The van der Waals surface area contributed by atoms with Crippen molar-refractivity contribution in [1.82, 2.24) is 9.27 Å². The highest BCUT2D eigenvalue weighted by Gasteiger charge is 2.20. The van der Waals surface area contributed by atoms with Crippen LogP contribution in [0.2, 0.25) is 0 Å². The molecule has 0 spiro atoms. The maximum atomic E-state index is 11.8. The summed E-state index contributed by atoms with van der Waals surface area (Å²) in [7, 11) is -3.24. The maximum Gasteiger partial charge on any atom is 0.232 e. The Labute approximate surface area is 176 Å². The second-order valence-electron chi connectivity index (χ2n) is 7.29. The van der Waals surface area contributed by atoms with E-state index in [2.05, 4.69) is 49.2 Å². The molecule has 0 unspecified atom stereocenters. The Kier molecular flexibility index (Phi) is 6.03. The fraction of sp³-hybridized carbons (Fsp3) is 0.381. The molecule has 0 aliphatic carbocycles. The minimum absolute atomic E-state index is 0.0791. The molecule has 154 valence electrons. The fourth-order valence-corrected chi connectivity index (χ4v) is 5.04. The summed E-state index contributed by atoms with van der Waals surface area (Å²) in [6.45, 7) is 6.58. The van der Waals surface area contributed by atoms with E-state index >= 15 is 0 Å². The lowest BCUT2D eigenvalue weighted by Gasteiger charge is -2.35. The van der Waals surface area contributed by atoms with Crippen molar-refractivity contribution in [3.63, 3.8) is 0 Å². The Morgan fingerprint density at radius 1 is 1.07 bits per heavy atom. The molecule has 1 N–H and O–H groups in total. The van der Waals surface area contributed by atoms with Gasteiger partial charge in [-0.05, 0) is 54.7 Å². The first-order valence-electron chi connectivity index (χ1n) is 9.95. The summed E-state index contributed by atoms with van der Waals surface area (Å²) in [4.78, 5) is 4.85. The van der Waals surface area contributed by atoms with E-state index in [1.165, 1.54) is 10.1 Å². The number of hydrogen-bond acceptors (Lipinski definition) is 6. The van der Waals surface area contributed by atoms with Crippen LogP contribution in [0.15, 0.2) is 48.5 Å². The number of sulfonamides is 1. The molecule has 0 saturated carbocycles. The molecule has 0 radical (unpaired) electrons. The lowest BCUT2D eigenvalue weighted by Crippen LogP contribution is -2.47. The van der Waals surface area contributed by atoms with Gasteiger partial charge in [0.25, 0.3) is 0 Å². The average Bonchev–Trinajstić information content (AvgIpc) is 3.17. The molecule has 1 aliphatic heterocycles. The van der Waals surface area contributed by atoms with Gasteiger partial charge in [-0.3, -0.25) is 9.62 Å². The van der Waals surface area contributed by atoms with E-state index in [0.717, 1.165) is 50.5 Å². The number of hydrogen-bond donors (Lipinski definition) is 1. The van der Waals surface area contributed by atoms with Gasteiger partial charge in [0.1, 0.15) is 5.82 Å². The standard InChI is InChI=1S/C21H26N4O2S2/c1-2-29(26,27)23-18-7-5-6-17(16-18)10-11-24-12-14-25(15-13-24)21-19-8-3-4-9-20(19)28-22-21/h3-9,16,23H,2,10-15H2,1H3. The van der Waals surface area contributed by atoms with Crippen molar-refractivity contribution in [3.05, 3.63) is 54.1 Å². The zero-order valence-electron chi connectivity index (χ0n) is 16.5. The molecule has 0 amide bonds. The van der Waals surface area contributed by atoms with Crippen molar-refractivity contribution in [2.45, 2.75) is 13.3 Å². The Morgan fingerprint density at radius 2 is 1.86 bits per heavy atom. The van der Waals surface area contributed by atoms with E-state index < -0.39 is 10.0 Å². The van der Waals surface area contributed by atoms with Crippen LogP contribution < -0.4 is 9.62 Å². The number of anilines is 2. The Balaban J connectivity index is 1.31. The van der Waals surface area contributed by atoms with Gasteiger partial charge in [-0.15, -0.1) is 0 Å². The van der Waals surface area contributed by atoms with E-state index in [9.17, 15) is 8.42 Å². The molecule has 2 heterocycles. The first-order valence-corrected chi connectivity index (χ1v) is 12.4. The van der Waals surface area contributed by atoms with Gasteiger partial charge in [0.15, 0.2) is 0 Å². The zero-order chi connectivity index (χ0) is 20.3. The molecular weight excluding hydrogens is 404 g/mol. The van der Waals surface area contributed by atoms with Crippen molar-refractivity contribution in [1.29, 1.82) is 0 Å². The molecule has 1 aliphatic rings. The van der Waals surface area contributed by atoms with Crippen molar-refractivity contribution in [3.8, 4) is 0 Å². The van der Waals surface area contributed by atoms with Gasteiger partial charge in [-0.2, -0.15) is 4.37 Å². The zero-order valence-corrected chi connectivity index (χ0v) is 18.2. The van der Waals surface area contributed by atoms with Crippen molar-refractivity contribution in [2.24, 2.45) is 0 Å². The molecule has 0 atom stereocenters. The lowest BCUT2D eigenvalue weighted by atomic mass is 10.1. The first-order chi connectivity index (χ1) is 14.0. The number of nitrogens with zero attached hydrogens (tertiary/aromatic N) is 3. The third-order valence-electron chi connectivity index (χ3n) is 5.33. The minimum Gasteiger partial charge on any atom is -0.353 e. The van der Waals surface area contributed by atoms with Crippen LogP contribution in [-0.2, 0) is 16.4 Å². The quantitative estimate of drug-likeness (QED) is 0.622. The number of nitrogens with one attached hydrogen (secondary N) is 1. The summed E-state index contributed by atoms with van der Waals surface area (Å²) in [5, 5.41) is 1.25. The number of fused-ring (bicyclic) bond motifs is 1. The van der Waals surface area contributed by atoms with Crippen LogP contribution in [0, 0.1) is 0 Å². The van der Waals surface area contributed by atoms with E-state index in [4.69, 9.17) is 0 Å². The summed E-state index contributed by atoms with van der Waals surface area (Å²) in [5.41, 5.74) is 1.79.